The highest BCUT2D eigenvalue weighted by Crippen LogP contribution is 2.14. The Bertz CT molecular complexity index is 537. The Labute approximate surface area is 116 Å². The summed E-state index contributed by atoms with van der Waals surface area (Å²) in [6.45, 7) is 2.36. The molecule has 0 radical (unpaired) electrons. The maximum atomic E-state index is 11.9. The van der Waals surface area contributed by atoms with Gasteiger partial charge in [0.05, 0.1) is 6.10 Å². The van der Waals surface area contributed by atoms with Crippen LogP contribution in [0.15, 0.2) is 35.2 Å². The second kappa shape index (κ2) is 6.81. The van der Waals surface area contributed by atoms with E-state index in [-0.39, 0.29) is 12.0 Å². The Balaban J connectivity index is 1.91. The van der Waals surface area contributed by atoms with Crippen LogP contribution in [0, 0.1) is 0 Å². The van der Waals surface area contributed by atoms with Gasteiger partial charge in [-0.15, -0.1) is 0 Å². The number of benzene rings is 1. The summed E-state index contributed by atoms with van der Waals surface area (Å²) in [5.74, 6) is 0.330. The molecule has 1 aromatic carbocycles. The van der Waals surface area contributed by atoms with Crippen molar-refractivity contribution in [1.82, 2.24) is 15.5 Å². The molecule has 0 fully saturated rings. The predicted molar refractivity (Wildman–Crippen MR) is 73.0 cm³/mol. The predicted octanol–water partition coefficient (Wildman–Crippen LogP) is 1.63. The molecule has 0 aliphatic heterocycles. The third-order valence-electron chi connectivity index (χ3n) is 3.00. The third kappa shape index (κ3) is 3.64. The fraction of sp³-hybridized carbons (Fsp3) is 0.357. The van der Waals surface area contributed by atoms with E-state index in [9.17, 15) is 9.90 Å². The van der Waals surface area contributed by atoms with Crippen molar-refractivity contribution < 1.29 is 14.4 Å². The molecule has 1 aromatic heterocycles. The van der Waals surface area contributed by atoms with Gasteiger partial charge in [-0.3, -0.25) is 4.79 Å². The van der Waals surface area contributed by atoms with Crippen LogP contribution in [0.3, 0.4) is 0 Å². The maximum Gasteiger partial charge on any atom is 0.251 e. The van der Waals surface area contributed by atoms with E-state index in [2.05, 4.69) is 20.0 Å². The van der Waals surface area contributed by atoms with E-state index in [1.807, 2.05) is 6.92 Å². The standard InChI is InChI=1S/C14H17N3O3/c1-2-12(18)7-8-15-14(19)11-5-3-10(4-6-11)13-16-9-20-17-13/h3-6,9,12,18H,2,7-8H2,1H3,(H,15,19). The average Bonchev–Trinajstić information content (AvgIpc) is 3.01. The number of aliphatic hydroxyl groups is 1. The number of aromatic nitrogens is 2. The minimum atomic E-state index is -0.365. The second-order valence-electron chi connectivity index (χ2n) is 4.44. The van der Waals surface area contributed by atoms with E-state index in [0.29, 0.717) is 30.8 Å². The van der Waals surface area contributed by atoms with Crippen molar-refractivity contribution in [3.8, 4) is 11.4 Å². The highest BCUT2D eigenvalue weighted by molar-refractivity contribution is 5.94. The molecule has 0 spiro atoms. The van der Waals surface area contributed by atoms with Crippen molar-refractivity contribution in [2.24, 2.45) is 0 Å². The lowest BCUT2D eigenvalue weighted by Gasteiger charge is -2.09. The summed E-state index contributed by atoms with van der Waals surface area (Å²) in [6.07, 6.45) is 2.14. The van der Waals surface area contributed by atoms with Crippen molar-refractivity contribution in [2.75, 3.05) is 6.54 Å². The van der Waals surface area contributed by atoms with Gasteiger partial charge < -0.3 is 14.9 Å². The lowest BCUT2D eigenvalue weighted by atomic mass is 10.1. The molecular weight excluding hydrogens is 258 g/mol. The molecule has 0 saturated heterocycles. The lowest BCUT2D eigenvalue weighted by Crippen LogP contribution is -2.26. The molecule has 0 saturated carbocycles. The van der Waals surface area contributed by atoms with Crippen LogP contribution in [0.1, 0.15) is 30.1 Å². The first kappa shape index (κ1) is 14.2. The molecule has 1 heterocycles. The zero-order valence-corrected chi connectivity index (χ0v) is 11.2. The molecule has 20 heavy (non-hydrogen) atoms. The quantitative estimate of drug-likeness (QED) is 0.836. The van der Waals surface area contributed by atoms with Gasteiger partial charge >= 0.3 is 0 Å². The summed E-state index contributed by atoms with van der Waals surface area (Å²) in [4.78, 5) is 15.8. The van der Waals surface area contributed by atoms with Gasteiger partial charge in [0.1, 0.15) is 0 Å². The van der Waals surface area contributed by atoms with Crippen LogP contribution in [-0.2, 0) is 0 Å². The molecule has 2 rings (SSSR count). The van der Waals surface area contributed by atoms with Gasteiger partial charge in [-0.05, 0) is 25.0 Å². The second-order valence-corrected chi connectivity index (χ2v) is 4.44. The summed E-state index contributed by atoms with van der Waals surface area (Å²) in [6, 6.07) is 6.94. The SMILES string of the molecule is CCC(O)CCNC(=O)c1ccc(-c2ncon2)cc1. The fourth-order valence-electron chi connectivity index (χ4n) is 1.73. The highest BCUT2D eigenvalue weighted by Gasteiger charge is 2.08. The number of amides is 1. The van der Waals surface area contributed by atoms with Gasteiger partial charge in [0.15, 0.2) is 0 Å². The molecular formula is C14H17N3O3. The summed E-state index contributed by atoms with van der Waals surface area (Å²) in [7, 11) is 0. The van der Waals surface area contributed by atoms with Crippen molar-refractivity contribution in [3.05, 3.63) is 36.2 Å². The number of nitrogens with zero attached hydrogens (tertiary/aromatic N) is 2. The monoisotopic (exact) mass is 275 g/mol. The first-order valence-corrected chi connectivity index (χ1v) is 6.53. The molecule has 106 valence electrons. The van der Waals surface area contributed by atoms with Crippen LogP contribution in [-0.4, -0.2) is 33.8 Å². The molecule has 2 N–H and O–H groups in total. The largest absolute Gasteiger partial charge is 0.393 e. The number of hydrogen-bond donors (Lipinski definition) is 2. The summed E-state index contributed by atoms with van der Waals surface area (Å²) >= 11 is 0. The Morgan fingerprint density at radius 3 is 2.75 bits per heavy atom. The van der Waals surface area contributed by atoms with Gasteiger partial charge in [0.2, 0.25) is 12.2 Å². The van der Waals surface area contributed by atoms with Gasteiger partial charge in [-0.2, -0.15) is 4.98 Å². The number of nitrogens with one attached hydrogen (secondary N) is 1. The summed E-state index contributed by atoms with van der Waals surface area (Å²) < 4.78 is 4.67. The van der Waals surface area contributed by atoms with Crippen LogP contribution in [0.5, 0.6) is 0 Å². The van der Waals surface area contributed by atoms with Crippen LogP contribution in [0.25, 0.3) is 11.4 Å². The zero-order valence-electron chi connectivity index (χ0n) is 11.2. The van der Waals surface area contributed by atoms with Gasteiger partial charge in [-0.25, -0.2) is 0 Å². The Morgan fingerprint density at radius 1 is 1.40 bits per heavy atom. The third-order valence-corrected chi connectivity index (χ3v) is 3.00. The van der Waals surface area contributed by atoms with Crippen molar-refractivity contribution in [3.63, 3.8) is 0 Å². The van der Waals surface area contributed by atoms with Crippen LogP contribution in [0.2, 0.25) is 0 Å². The molecule has 2 aromatic rings. The Morgan fingerprint density at radius 2 is 2.15 bits per heavy atom. The molecule has 0 bridgehead atoms. The minimum absolute atomic E-state index is 0.159. The molecule has 1 unspecified atom stereocenters. The molecule has 0 aliphatic carbocycles. The molecule has 6 nitrogen and oxygen atoms in total. The first-order chi connectivity index (χ1) is 9.70. The summed E-state index contributed by atoms with van der Waals surface area (Å²) in [5.41, 5.74) is 1.35. The van der Waals surface area contributed by atoms with E-state index >= 15 is 0 Å². The number of carbonyl (C=O) groups excluding carboxylic acids is 1. The number of hydrogen-bond acceptors (Lipinski definition) is 5. The van der Waals surface area contributed by atoms with Crippen molar-refractivity contribution >= 4 is 5.91 Å². The lowest BCUT2D eigenvalue weighted by molar-refractivity contribution is 0.0942. The van der Waals surface area contributed by atoms with Crippen LogP contribution >= 0.6 is 0 Å². The Kier molecular flexibility index (Phi) is 4.84. The summed E-state index contributed by atoms with van der Waals surface area (Å²) in [5, 5.41) is 15.9. The first-order valence-electron chi connectivity index (χ1n) is 6.53. The van der Waals surface area contributed by atoms with E-state index in [1.165, 1.54) is 6.39 Å². The molecule has 1 atom stereocenters. The smallest absolute Gasteiger partial charge is 0.251 e. The molecule has 1 amide bonds. The zero-order chi connectivity index (χ0) is 14.4. The van der Waals surface area contributed by atoms with E-state index < -0.39 is 0 Å². The van der Waals surface area contributed by atoms with Crippen LogP contribution in [0.4, 0.5) is 0 Å². The Hall–Kier alpha value is -2.21. The van der Waals surface area contributed by atoms with E-state index in [0.717, 1.165) is 5.56 Å². The van der Waals surface area contributed by atoms with Gasteiger partial charge in [0.25, 0.3) is 5.91 Å². The van der Waals surface area contributed by atoms with E-state index in [4.69, 9.17) is 0 Å². The van der Waals surface area contributed by atoms with Gasteiger partial charge in [-0.1, -0.05) is 24.2 Å². The number of carbonyl (C=O) groups is 1. The molecule has 6 heteroatoms. The van der Waals surface area contributed by atoms with Crippen molar-refractivity contribution in [2.45, 2.75) is 25.9 Å². The number of rotatable bonds is 6. The normalized spacial score (nSPS) is 12.1. The average molecular weight is 275 g/mol. The van der Waals surface area contributed by atoms with Crippen molar-refractivity contribution in [1.29, 1.82) is 0 Å². The highest BCUT2D eigenvalue weighted by atomic mass is 16.5. The maximum absolute atomic E-state index is 11.9. The van der Waals surface area contributed by atoms with Crippen LogP contribution < -0.4 is 5.32 Å². The van der Waals surface area contributed by atoms with E-state index in [1.54, 1.807) is 24.3 Å². The fourth-order valence-corrected chi connectivity index (χ4v) is 1.73. The topological polar surface area (TPSA) is 88.2 Å². The minimum Gasteiger partial charge on any atom is -0.393 e. The molecule has 0 aliphatic rings. The van der Waals surface area contributed by atoms with Gasteiger partial charge in [0, 0.05) is 17.7 Å². The number of aliphatic hydroxyl groups excluding tert-OH is 1.